The molecule has 0 atom stereocenters. The Hall–Kier alpha value is -2.96. The molecule has 23 heavy (non-hydrogen) atoms. The van der Waals surface area contributed by atoms with Crippen LogP contribution in [0.5, 0.6) is 5.75 Å². The normalized spacial score (nSPS) is 10.1. The van der Waals surface area contributed by atoms with Gasteiger partial charge in [0.1, 0.15) is 11.5 Å². The standard InChI is InChI=1S/C16H19N3O4/c1-22-13-5-2-4-12(10-13)18-16(21)19(8-7-15(17)20)11-14-6-3-9-23-14/h2-6,9-10H,7-8,11H2,1H3,(H2,17,20)(H,18,21). The minimum absolute atomic E-state index is 0.0756. The van der Waals surface area contributed by atoms with E-state index in [-0.39, 0.29) is 25.5 Å². The number of primary amides is 1. The quantitative estimate of drug-likeness (QED) is 0.818. The average Bonchev–Trinajstić information content (AvgIpc) is 3.04. The number of ether oxygens (including phenoxy) is 1. The summed E-state index contributed by atoms with van der Waals surface area (Å²) >= 11 is 0. The number of hydrogen-bond donors (Lipinski definition) is 2. The van der Waals surface area contributed by atoms with Crippen molar-refractivity contribution in [3.63, 3.8) is 0 Å². The van der Waals surface area contributed by atoms with Crippen LogP contribution in [0.25, 0.3) is 0 Å². The molecular formula is C16H19N3O4. The van der Waals surface area contributed by atoms with Gasteiger partial charge in [-0.05, 0) is 24.3 Å². The number of carbonyl (C=O) groups excluding carboxylic acids is 2. The van der Waals surface area contributed by atoms with Crippen LogP contribution in [0.3, 0.4) is 0 Å². The molecule has 0 bridgehead atoms. The lowest BCUT2D eigenvalue weighted by Gasteiger charge is -2.21. The number of amides is 3. The third-order valence-corrected chi connectivity index (χ3v) is 3.16. The van der Waals surface area contributed by atoms with Gasteiger partial charge < -0.3 is 25.1 Å². The first-order valence-electron chi connectivity index (χ1n) is 7.09. The van der Waals surface area contributed by atoms with Gasteiger partial charge in [0.25, 0.3) is 0 Å². The zero-order valence-electron chi connectivity index (χ0n) is 12.8. The number of benzene rings is 1. The second kappa shape index (κ2) is 7.88. The molecule has 1 aromatic carbocycles. The molecule has 0 spiro atoms. The number of rotatable bonds is 7. The third kappa shape index (κ3) is 5.06. The fourth-order valence-electron chi connectivity index (χ4n) is 1.99. The molecule has 0 aliphatic heterocycles. The minimum Gasteiger partial charge on any atom is -0.497 e. The Balaban J connectivity index is 2.06. The highest BCUT2D eigenvalue weighted by molar-refractivity contribution is 5.89. The Morgan fingerprint density at radius 3 is 2.78 bits per heavy atom. The third-order valence-electron chi connectivity index (χ3n) is 3.16. The molecule has 3 N–H and O–H groups in total. The number of nitrogens with zero attached hydrogens (tertiary/aromatic N) is 1. The van der Waals surface area contributed by atoms with Crippen LogP contribution in [0.15, 0.2) is 47.1 Å². The van der Waals surface area contributed by atoms with E-state index in [0.717, 1.165) is 0 Å². The number of nitrogens with one attached hydrogen (secondary N) is 1. The van der Waals surface area contributed by atoms with E-state index in [4.69, 9.17) is 14.9 Å². The maximum atomic E-state index is 12.4. The van der Waals surface area contributed by atoms with Gasteiger partial charge in [-0.1, -0.05) is 6.07 Å². The van der Waals surface area contributed by atoms with Gasteiger partial charge in [-0.3, -0.25) is 4.79 Å². The van der Waals surface area contributed by atoms with Crippen molar-refractivity contribution in [3.05, 3.63) is 48.4 Å². The summed E-state index contributed by atoms with van der Waals surface area (Å²) in [5, 5.41) is 2.77. The lowest BCUT2D eigenvalue weighted by Crippen LogP contribution is -2.36. The Morgan fingerprint density at radius 2 is 2.13 bits per heavy atom. The molecule has 2 aromatic rings. The predicted octanol–water partition coefficient (Wildman–Crippen LogP) is 2.20. The second-order valence-corrected chi connectivity index (χ2v) is 4.88. The van der Waals surface area contributed by atoms with Crippen LogP contribution in [0.2, 0.25) is 0 Å². The van der Waals surface area contributed by atoms with Crippen molar-refractivity contribution >= 4 is 17.6 Å². The molecule has 2 rings (SSSR count). The van der Waals surface area contributed by atoms with Gasteiger partial charge in [-0.25, -0.2) is 4.79 Å². The molecule has 7 nitrogen and oxygen atoms in total. The lowest BCUT2D eigenvalue weighted by atomic mass is 10.3. The van der Waals surface area contributed by atoms with Crippen LogP contribution >= 0.6 is 0 Å². The van der Waals surface area contributed by atoms with Crippen molar-refractivity contribution in [2.45, 2.75) is 13.0 Å². The monoisotopic (exact) mass is 317 g/mol. The van der Waals surface area contributed by atoms with Crippen molar-refractivity contribution in [1.29, 1.82) is 0 Å². The number of carbonyl (C=O) groups is 2. The molecule has 0 aliphatic rings. The molecule has 3 amide bonds. The highest BCUT2D eigenvalue weighted by Gasteiger charge is 2.16. The fourth-order valence-corrected chi connectivity index (χ4v) is 1.99. The highest BCUT2D eigenvalue weighted by Crippen LogP contribution is 2.17. The number of hydrogen-bond acceptors (Lipinski definition) is 4. The van der Waals surface area contributed by atoms with E-state index in [0.29, 0.717) is 17.2 Å². The summed E-state index contributed by atoms with van der Waals surface area (Å²) in [7, 11) is 1.55. The Labute approximate surface area is 134 Å². The summed E-state index contributed by atoms with van der Waals surface area (Å²) < 4.78 is 10.4. The molecule has 1 heterocycles. The number of furan rings is 1. The zero-order chi connectivity index (χ0) is 16.7. The molecule has 0 aliphatic carbocycles. The molecule has 1 aromatic heterocycles. The van der Waals surface area contributed by atoms with Gasteiger partial charge in [0.05, 0.1) is 19.9 Å². The SMILES string of the molecule is COc1cccc(NC(=O)N(CCC(N)=O)Cc2ccco2)c1. The van der Waals surface area contributed by atoms with Gasteiger partial charge in [0, 0.05) is 24.7 Å². The molecule has 0 saturated heterocycles. The van der Waals surface area contributed by atoms with Gasteiger partial charge in [-0.2, -0.15) is 0 Å². The average molecular weight is 317 g/mol. The first-order valence-corrected chi connectivity index (χ1v) is 7.09. The zero-order valence-corrected chi connectivity index (χ0v) is 12.8. The summed E-state index contributed by atoms with van der Waals surface area (Å²) in [6, 6.07) is 10.2. The van der Waals surface area contributed by atoms with Crippen LogP contribution in [0, 0.1) is 0 Å². The second-order valence-electron chi connectivity index (χ2n) is 4.88. The molecule has 0 saturated carbocycles. The largest absolute Gasteiger partial charge is 0.497 e. The Kier molecular flexibility index (Phi) is 5.62. The summed E-state index contributed by atoms with van der Waals surface area (Å²) in [6.07, 6.45) is 1.60. The predicted molar refractivity (Wildman–Crippen MR) is 84.9 cm³/mol. The molecule has 7 heteroatoms. The number of nitrogens with two attached hydrogens (primary N) is 1. The van der Waals surface area contributed by atoms with Gasteiger partial charge >= 0.3 is 6.03 Å². The molecule has 122 valence electrons. The molecule has 0 radical (unpaired) electrons. The minimum atomic E-state index is -0.469. The van der Waals surface area contributed by atoms with E-state index in [2.05, 4.69) is 5.32 Å². The molecule has 0 unspecified atom stereocenters. The van der Waals surface area contributed by atoms with E-state index in [9.17, 15) is 9.59 Å². The number of methoxy groups -OCH3 is 1. The maximum absolute atomic E-state index is 12.4. The first-order chi connectivity index (χ1) is 11.1. The summed E-state index contributed by atoms with van der Waals surface area (Å²) in [5.41, 5.74) is 5.76. The van der Waals surface area contributed by atoms with Crippen LogP contribution in [0.1, 0.15) is 12.2 Å². The van der Waals surface area contributed by atoms with Crippen molar-refractivity contribution in [1.82, 2.24) is 4.90 Å². The molecular weight excluding hydrogens is 298 g/mol. The van der Waals surface area contributed by atoms with Gasteiger partial charge in [-0.15, -0.1) is 0 Å². The fraction of sp³-hybridized carbons (Fsp3) is 0.250. The molecule has 0 fully saturated rings. The van der Waals surface area contributed by atoms with Crippen molar-refractivity contribution in [2.24, 2.45) is 5.73 Å². The van der Waals surface area contributed by atoms with E-state index in [1.54, 1.807) is 43.5 Å². The summed E-state index contributed by atoms with van der Waals surface area (Å²) in [6.45, 7) is 0.446. The topological polar surface area (TPSA) is 97.8 Å². The smallest absolute Gasteiger partial charge is 0.322 e. The van der Waals surface area contributed by atoms with Crippen LogP contribution in [0.4, 0.5) is 10.5 Å². The van der Waals surface area contributed by atoms with E-state index in [1.807, 2.05) is 0 Å². The first kappa shape index (κ1) is 16.4. The van der Waals surface area contributed by atoms with Crippen LogP contribution < -0.4 is 15.8 Å². The lowest BCUT2D eigenvalue weighted by molar-refractivity contribution is -0.118. The Morgan fingerprint density at radius 1 is 1.30 bits per heavy atom. The van der Waals surface area contributed by atoms with E-state index < -0.39 is 5.91 Å². The van der Waals surface area contributed by atoms with Crippen molar-refractivity contribution < 1.29 is 18.7 Å². The summed E-state index contributed by atoms with van der Waals surface area (Å²) in [4.78, 5) is 24.9. The Bertz CT molecular complexity index is 655. The summed E-state index contributed by atoms with van der Waals surface area (Å²) in [5.74, 6) is 0.788. The van der Waals surface area contributed by atoms with Crippen molar-refractivity contribution in [3.8, 4) is 5.75 Å². The van der Waals surface area contributed by atoms with Crippen molar-refractivity contribution in [2.75, 3.05) is 19.0 Å². The highest BCUT2D eigenvalue weighted by atomic mass is 16.5. The van der Waals surface area contributed by atoms with Gasteiger partial charge in [0.2, 0.25) is 5.91 Å². The van der Waals surface area contributed by atoms with E-state index in [1.165, 1.54) is 11.2 Å². The number of anilines is 1. The van der Waals surface area contributed by atoms with Gasteiger partial charge in [0.15, 0.2) is 0 Å². The van der Waals surface area contributed by atoms with E-state index >= 15 is 0 Å². The maximum Gasteiger partial charge on any atom is 0.322 e. The van der Waals surface area contributed by atoms with Crippen LogP contribution in [-0.2, 0) is 11.3 Å². The number of urea groups is 1. The van der Waals surface area contributed by atoms with Crippen LogP contribution in [-0.4, -0.2) is 30.5 Å².